The number of amides is 2. The minimum Gasteiger partial charge on any atom is -0.480 e. The van der Waals surface area contributed by atoms with E-state index in [1.807, 2.05) is 21.6 Å². The third-order valence-corrected chi connectivity index (χ3v) is 4.19. The molecule has 7 heteroatoms. The first-order valence-electron chi connectivity index (χ1n) is 7.62. The number of carboxylic acid groups (broad SMARTS) is 1. The summed E-state index contributed by atoms with van der Waals surface area (Å²) < 4.78 is 5.62. The molecular formula is C14H25N3O4. The van der Waals surface area contributed by atoms with Crippen LogP contribution in [0.15, 0.2) is 0 Å². The summed E-state index contributed by atoms with van der Waals surface area (Å²) in [5, 5.41) is 8.80. The fourth-order valence-corrected chi connectivity index (χ4v) is 2.89. The molecule has 0 radical (unpaired) electrons. The SMILES string of the molecule is CCC1COC(C)CN1C(=O)N1CCN(CC(=O)O)CC1. The Kier molecular flexibility index (Phi) is 5.41. The van der Waals surface area contributed by atoms with Crippen molar-refractivity contribution in [2.24, 2.45) is 0 Å². The maximum absolute atomic E-state index is 12.7. The molecule has 0 aromatic heterocycles. The largest absolute Gasteiger partial charge is 0.480 e. The van der Waals surface area contributed by atoms with Gasteiger partial charge >= 0.3 is 12.0 Å². The van der Waals surface area contributed by atoms with Crippen molar-refractivity contribution in [1.82, 2.24) is 14.7 Å². The Labute approximate surface area is 125 Å². The van der Waals surface area contributed by atoms with E-state index in [-0.39, 0.29) is 24.7 Å². The quantitative estimate of drug-likeness (QED) is 0.812. The highest BCUT2D eigenvalue weighted by Crippen LogP contribution is 2.17. The molecule has 0 saturated carbocycles. The molecular weight excluding hydrogens is 274 g/mol. The second-order valence-corrected chi connectivity index (χ2v) is 5.80. The standard InChI is InChI=1S/C14H25N3O4/c1-3-12-10-21-11(2)8-17(12)14(20)16-6-4-15(5-7-16)9-13(18)19/h11-12H,3-10H2,1-2H3,(H,18,19). The van der Waals surface area contributed by atoms with Crippen LogP contribution in [0.5, 0.6) is 0 Å². The average molecular weight is 299 g/mol. The summed E-state index contributed by atoms with van der Waals surface area (Å²) in [6.07, 6.45) is 0.960. The van der Waals surface area contributed by atoms with Gasteiger partial charge in [0.2, 0.25) is 0 Å². The van der Waals surface area contributed by atoms with Crippen LogP contribution in [0.4, 0.5) is 4.79 Å². The normalized spacial score (nSPS) is 27.7. The zero-order valence-corrected chi connectivity index (χ0v) is 12.8. The van der Waals surface area contributed by atoms with E-state index < -0.39 is 5.97 Å². The lowest BCUT2D eigenvalue weighted by Gasteiger charge is -2.43. The van der Waals surface area contributed by atoms with Gasteiger partial charge in [-0.3, -0.25) is 9.69 Å². The number of carboxylic acids is 1. The van der Waals surface area contributed by atoms with Crippen LogP contribution in [-0.4, -0.2) is 89.8 Å². The van der Waals surface area contributed by atoms with Gasteiger partial charge in [-0.15, -0.1) is 0 Å². The number of ether oxygens (including phenoxy) is 1. The second-order valence-electron chi connectivity index (χ2n) is 5.80. The van der Waals surface area contributed by atoms with Crippen molar-refractivity contribution in [2.45, 2.75) is 32.4 Å². The molecule has 2 amide bonds. The number of hydrogen-bond acceptors (Lipinski definition) is 4. The molecule has 0 aliphatic carbocycles. The van der Waals surface area contributed by atoms with Gasteiger partial charge in [0.25, 0.3) is 0 Å². The van der Waals surface area contributed by atoms with Crippen LogP contribution >= 0.6 is 0 Å². The van der Waals surface area contributed by atoms with E-state index in [9.17, 15) is 9.59 Å². The molecule has 2 saturated heterocycles. The van der Waals surface area contributed by atoms with Crippen LogP contribution in [0.2, 0.25) is 0 Å². The Hall–Kier alpha value is -1.34. The van der Waals surface area contributed by atoms with Gasteiger partial charge in [0, 0.05) is 32.7 Å². The van der Waals surface area contributed by atoms with Gasteiger partial charge in [-0.2, -0.15) is 0 Å². The van der Waals surface area contributed by atoms with E-state index >= 15 is 0 Å². The van der Waals surface area contributed by atoms with Crippen LogP contribution < -0.4 is 0 Å². The molecule has 2 atom stereocenters. The number of carbonyl (C=O) groups excluding carboxylic acids is 1. The minimum atomic E-state index is -0.817. The van der Waals surface area contributed by atoms with Crippen LogP contribution in [0.3, 0.4) is 0 Å². The summed E-state index contributed by atoms with van der Waals surface area (Å²) in [7, 11) is 0. The molecule has 0 bridgehead atoms. The van der Waals surface area contributed by atoms with Gasteiger partial charge in [-0.1, -0.05) is 6.92 Å². The molecule has 120 valence electrons. The van der Waals surface area contributed by atoms with Crippen molar-refractivity contribution < 1.29 is 19.4 Å². The number of carbonyl (C=O) groups is 2. The monoisotopic (exact) mass is 299 g/mol. The second kappa shape index (κ2) is 7.09. The number of hydrogen-bond donors (Lipinski definition) is 1. The summed E-state index contributed by atoms with van der Waals surface area (Å²) in [5.74, 6) is -0.817. The van der Waals surface area contributed by atoms with Gasteiger partial charge in [0.1, 0.15) is 0 Å². The molecule has 0 aromatic rings. The number of rotatable bonds is 3. The fourth-order valence-electron chi connectivity index (χ4n) is 2.89. The Bertz CT molecular complexity index is 382. The molecule has 2 rings (SSSR count). The number of piperazine rings is 1. The molecule has 1 N–H and O–H groups in total. The first-order valence-corrected chi connectivity index (χ1v) is 7.62. The van der Waals surface area contributed by atoms with Crippen LogP contribution in [0.1, 0.15) is 20.3 Å². The van der Waals surface area contributed by atoms with E-state index in [1.165, 1.54) is 0 Å². The number of nitrogens with zero attached hydrogens (tertiary/aromatic N) is 3. The zero-order valence-electron chi connectivity index (χ0n) is 12.8. The van der Waals surface area contributed by atoms with Crippen LogP contribution in [-0.2, 0) is 9.53 Å². The highest BCUT2D eigenvalue weighted by Gasteiger charge is 2.33. The van der Waals surface area contributed by atoms with Gasteiger partial charge in [-0.25, -0.2) is 4.79 Å². The smallest absolute Gasteiger partial charge is 0.320 e. The van der Waals surface area contributed by atoms with Crippen molar-refractivity contribution in [3.8, 4) is 0 Å². The van der Waals surface area contributed by atoms with E-state index in [4.69, 9.17) is 9.84 Å². The zero-order chi connectivity index (χ0) is 15.4. The fraction of sp³-hybridized carbons (Fsp3) is 0.857. The highest BCUT2D eigenvalue weighted by molar-refractivity contribution is 5.75. The topological polar surface area (TPSA) is 73.3 Å². The van der Waals surface area contributed by atoms with E-state index in [1.54, 1.807) is 0 Å². The van der Waals surface area contributed by atoms with Crippen molar-refractivity contribution in [3.05, 3.63) is 0 Å². The number of morpholine rings is 1. The van der Waals surface area contributed by atoms with Crippen molar-refractivity contribution in [1.29, 1.82) is 0 Å². The minimum absolute atomic E-state index is 0.0498. The molecule has 7 nitrogen and oxygen atoms in total. The molecule has 0 spiro atoms. The third kappa shape index (κ3) is 4.07. The van der Waals surface area contributed by atoms with Crippen molar-refractivity contribution in [3.63, 3.8) is 0 Å². The Morgan fingerprint density at radius 1 is 1.24 bits per heavy atom. The first kappa shape index (κ1) is 16.0. The van der Waals surface area contributed by atoms with E-state index in [2.05, 4.69) is 6.92 Å². The predicted octanol–water partition coefficient (Wildman–Crippen LogP) is 0.308. The molecule has 2 unspecified atom stereocenters. The molecule has 2 heterocycles. The van der Waals surface area contributed by atoms with E-state index in [0.29, 0.717) is 39.3 Å². The Balaban J connectivity index is 1.89. The average Bonchev–Trinajstić information content (AvgIpc) is 2.46. The molecule has 21 heavy (non-hydrogen) atoms. The maximum Gasteiger partial charge on any atom is 0.320 e. The lowest BCUT2D eigenvalue weighted by atomic mass is 10.1. The van der Waals surface area contributed by atoms with Crippen molar-refractivity contribution >= 4 is 12.0 Å². The molecule has 0 aromatic carbocycles. The van der Waals surface area contributed by atoms with E-state index in [0.717, 1.165) is 6.42 Å². The first-order chi connectivity index (χ1) is 10.0. The summed E-state index contributed by atoms with van der Waals surface area (Å²) >= 11 is 0. The Morgan fingerprint density at radius 2 is 1.90 bits per heavy atom. The maximum atomic E-state index is 12.7. The Morgan fingerprint density at radius 3 is 2.48 bits per heavy atom. The lowest BCUT2D eigenvalue weighted by molar-refractivity contribution is -0.138. The van der Waals surface area contributed by atoms with Crippen molar-refractivity contribution in [2.75, 3.05) is 45.9 Å². The number of urea groups is 1. The molecule has 2 aliphatic rings. The lowest BCUT2D eigenvalue weighted by Crippen LogP contribution is -2.59. The number of aliphatic carboxylic acids is 1. The van der Waals surface area contributed by atoms with Gasteiger partial charge in [0.15, 0.2) is 0 Å². The summed E-state index contributed by atoms with van der Waals surface area (Å²) in [6, 6.07) is 0.206. The highest BCUT2D eigenvalue weighted by atomic mass is 16.5. The summed E-state index contributed by atoms with van der Waals surface area (Å²) in [6.45, 7) is 7.75. The summed E-state index contributed by atoms with van der Waals surface area (Å²) in [5.41, 5.74) is 0. The van der Waals surface area contributed by atoms with Gasteiger partial charge in [-0.05, 0) is 13.3 Å². The molecule has 2 aliphatic heterocycles. The van der Waals surface area contributed by atoms with Gasteiger partial charge in [0.05, 0.1) is 25.3 Å². The van der Waals surface area contributed by atoms with Crippen LogP contribution in [0.25, 0.3) is 0 Å². The van der Waals surface area contributed by atoms with Crippen LogP contribution in [0, 0.1) is 0 Å². The molecule has 2 fully saturated rings. The predicted molar refractivity (Wildman–Crippen MR) is 77.2 cm³/mol. The summed E-state index contributed by atoms with van der Waals surface area (Å²) in [4.78, 5) is 29.0. The third-order valence-electron chi connectivity index (χ3n) is 4.19. The van der Waals surface area contributed by atoms with Gasteiger partial charge < -0.3 is 19.6 Å².